The molecule has 20 heavy (non-hydrogen) atoms. The van der Waals surface area contributed by atoms with Crippen LogP contribution in [0.3, 0.4) is 0 Å². The second-order valence-corrected chi connectivity index (χ2v) is 4.77. The third-order valence-electron chi connectivity index (χ3n) is 3.38. The molecule has 0 spiro atoms. The van der Waals surface area contributed by atoms with Crippen LogP contribution >= 0.6 is 0 Å². The van der Waals surface area contributed by atoms with Crippen LogP contribution in [0.25, 0.3) is 11.1 Å². The summed E-state index contributed by atoms with van der Waals surface area (Å²) in [5.41, 5.74) is 8.08. The molecule has 0 radical (unpaired) electrons. The predicted octanol–water partition coefficient (Wildman–Crippen LogP) is 2.83. The van der Waals surface area contributed by atoms with Crippen molar-refractivity contribution >= 4 is 0 Å². The Hall–Kier alpha value is -1.84. The van der Waals surface area contributed by atoms with Crippen molar-refractivity contribution in [2.75, 3.05) is 6.61 Å². The van der Waals surface area contributed by atoms with Crippen LogP contribution in [-0.4, -0.2) is 23.9 Å². The average molecular weight is 271 g/mol. The van der Waals surface area contributed by atoms with Crippen LogP contribution in [0.4, 0.5) is 0 Å². The van der Waals surface area contributed by atoms with Gasteiger partial charge in [0, 0.05) is 11.6 Å². The third-order valence-corrected chi connectivity index (χ3v) is 3.38. The third kappa shape index (κ3) is 3.38. The van der Waals surface area contributed by atoms with E-state index in [1.165, 1.54) is 0 Å². The van der Waals surface area contributed by atoms with Gasteiger partial charge in [-0.3, -0.25) is 0 Å². The average Bonchev–Trinajstić information content (AvgIpc) is 2.53. The van der Waals surface area contributed by atoms with Gasteiger partial charge in [-0.1, -0.05) is 55.5 Å². The topological polar surface area (TPSA) is 55.5 Å². The molecule has 0 heterocycles. The highest BCUT2D eigenvalue weighted by atomic mass is 16.5. The molecule has 0 fully saturated rings. The fourth-order valence-electron chi connectivity index (χ4n) is 2.11. The Bertz CT molecular complexity index is 528. The molecule has 0 saturated carbocycles. The van der Waals surface area contributed by atoms with E-state index < -0.39 is 0 Å². The molecule has 3 N–H and O–H groups in total. The number of rotatable bonds is 6. The molecule has 3 heteroatoms. The second-order valence-electron chi connectivity index (χ2n) is 4.77. The molecular weight excluding hydrogens is 250 g/mol. The number of aliphatic hydroxyl groups excluding tert-OH is 1. The quantitative estimate of drug-likeness (QED) is 0.849. The summed E-state index contributed by atoms with van der Waals surface area (Å²) in [6.07, 6.45) is 0.378. The van der Waals surface area contributed by atoms with E-state index in [-0.39, 0.29) is 18.8 Å². The summed E-state index contributed by atoms with van der Waals surface area (Å²) >= 11 is 0. The Morgan fingerprint density at radius 2 is 1.70 bits per heavy atom. The van der Waals surface area contributed by atoms with Crippen molar-refractivity contribution in [3.05, 3.63) is 54.6 Å². The number of hydrogen-bond acceptors (Lipinski definition) is 3. The Morgan fingerprint density at radius 1 is 1.05 bits per heavy atom. The van der Waals surface area contributed by atoms with Crippen LogP contribution in [0.5, 0.6) is 5.75 Å². The number of nitrogens with two attached hydrogens (primary N) is 1. The maximum absolute atomic E-state index is 9.45. The molecule has 0 aromatic heterocycles. The van der Waals surface area contributed by atoms with Gasteiger partial charge in [0.1, 0.15) is 11.9 Å². The molecule has 2 aromatic rings. The Kier molecular flexibility index (Phi) is 5.16. The predicted molar refractivity (Wildman–Crippen MR) is 81.6 cm³/mol. The van der Waals surface area contributed by atoms with Gasteiger partial charge in [0.2, 0.25) is 0 Å². The minimum Gasteiger partial charge on any atom is -0.486 e. The zero-order valence-corrected chi connectivity index (χ0v) is 11.7. The minimum absolute atomic E-state index is 0.0852. The van der Waals surface area contributed by atoms with Gasteiger partial charge in [-0.15, -0.1) is 0 Å². The van der Waals surface area contributed by atoms with Gasteiger partial charge in [0.05, 0.1) is 6.61 Å². The lowest BCUT2D eigenvalue weighted by Gasteiger charge is -2.23. The van der Waals surface area contributed by atoms with Gasteiger partial charge in [0.15, 0.2) is 0 Å². The summed E-state index contributed by atoms with van der Waals surface area (Å²) in [7, 11) is 0. The van der Waals surface area contributed by atoms with Gasteiger partial charge in [-0.2, -0.15) is 0 Å². The molecule has 0 aliphatic carbocycles. The van der Waals surface area contributed by atoms with E-state index in [0.717, 1.165) is 23.3 Å². The van der Waals surface area contributed by atoms with Crippen LogP contribution < -0.4 is 10.5 Å². The normalized spacial score (nSPS) is 13.8. The first-order chi connectivity index (χ1) is 9.76. The number of para-hydroxylation sites is 1. The maximum atomic E-state index is 9.45. The number of ether oxygens (including phenoxy) is 1. The van der Waals surface area contributed by atoms with E-state index in [0.29, 0.717) is 0 Å². The van der Waals surface area contributed by atoms with Crippen LogP contribution in [-0.2, 0) is 0 Å². The van der Waals surface area contributed by atoms with Crippen molar-refractivity contribution in [3.8, 4) is 16.9 Å². The van der Waals surface area contributed by atoms with Crippen molar-refractivity contribution in [2.45, 2.75) is 25.5 Å². The zero-order chi connectivity index (χ0) is 14.4. The maximum Gasteiger partial charge on any atom is 0.137 e. The molecule has 106 valence electrons. The summed E-state index contributed by atoms with van der Waals surface area (Å²) in [5, 5.41) is 9.45. The van der Waals surface area contributed by atoms with Crippen molar-refractivity contribution < 1.29 is 9.84 Å². The molecule has 0 bridgehead atoms. The van der Waals surface area contributed by atoms with E-state index in [2.05, 4.69) is 0 Å². The van der Waals surface area contributed by atoms with Crippen LogP contribution in [0.15, 0.2) is 54.6 Å². The number of hydrogen-bond donors (Lipinski definition) is 2. The monoisotopic (exact) mass is 271 g/mol. The Morgan fingerprint density at radius 3 is 2.35 bits per heavy atom. The Labute approximate surface area is 120 Å². The largest absolute Gasteiger partial charge is 0.486 e. The first-order valence-electron chi connectivity index (χ1n) is 6.93. The molecule has 2 unspecified atom stereocenters. The van der Waals surface area contributed by atoms with Crippen molar-refractivity contribution in [1.82, 2.24) is 0 Å². The molecule has 3 nitrogen and oxygen atoms in total. The summed E-state index contributed by atoms with van der Waals surface area (Å²) in [4.78, 5) is 0. The van der Waals surface area contributed by atoms with Gasteiger partial charge in [-0.25, -0.2) is 0 Å². The lowest BCUT2D eigenvalue weighted by molar-refractivity contribution is 0.0938. The first kappa shape index (κ1) is 14.6. The van der Waals surface area contributed by atoms with Gasteiger partial charge in [0.25, 0.3) is 0 Å². The molecule has 2 atom stereocenters. The molecule has 2 rings (SSSR count). The summed E-state index contributed by atoms with van der Waals surface area (Å²) in [6, 6.07) is 17.7. The molecule has 0 aliphatic rings. The Balaban J connectivity index is 2.29. The smallest absolute Gasteiger partial charge is 0.137 e. The van der Waals surface area contributed by atoms with Gasteiger partial charge >= 0.3 is 0 Å². The molecular formula is C17H21NO2. The highest BCUT2D eigenvalue weighted by molar-refractivity contribution is 5.70. The van der Waals surface area contributed by atoms with Gasteiger partial charge in [-0.05, 0) is 18.1 Å². The highest BCUT2D eigenvalue weighted by Gasteiger charge is 2.18. The number of benzene rings is 2. The van der Waals surface area contributed by atoms with Crippen LogP contribution in [0, 0.1) is 0 Å². The second kappa shape index (κ2) is 7.08. The summed E-state index contributed by atoms with van der Waals surface area (Å²) in [6.45, 7) is 1.90. The van der Waals surface area contributed by atoms with Gasteiger partial charge < -0.3 is 15.6 Å². The summed E-state index contributed by atoms with van der Waals surface area (Å²) < 4.78 is 5.93. The fourth-order valence-corrected chi connectivity index (χ4v) is 2.11. The molecule has 2 aromatic carbocycles. The van der Waals surface area contributed by atoms with E-state index in [1.54, 1.807) is 0 Å². The van der Waals surface area contributed by atoms with E-state index in [4.69, 9.17) is 10.5 Å². The van der Waals surface area contributed by atoms with Crippen molar-refractivity contribution in [2.24, 2.45) is 5.73 Å². The molecule has 0 saturated heterocycles. The van der Waals surface area contributed by atoms with Crippen LogP contribution in [0.2, 0.25) is 0 Å². The lowest BCUT2D eigenvalue weighted by atomic mass is 10.0. The number of aliphatic hydroxyl groups is 1. The van der Waals surface area contributed by atoms with Crippen molar-refractivity contribution in [3.63, 3.8) is 0 Å². The summed E-state index contributed by atoms with van der Waals surface area (Å²) in [5.74, 6) is 0.752. The van der Waals surface area contributed by atoms with Crippen LogP contribution in [0.1, 0.15) is 13.3 Å². The fraction of sp³-hybridized carbons (Fsp3) is 0.294. The highest BCUT2D eigenvalue weighted by Crippen LogP contribution is 2.30. The molecule has 0 amide bonds. The first-order valence-corrected chi connectivity index (χ1v) is 6.93. The zero-order valence-electron chi connectivity index (χ0n) is 11.7. The lowest BCUT2D eigenvalue weighted by Crippen LogP contribution is -2.41. The van der Waals surface area contributed by atoms with E-state index in [9.17, 15) is 5.11 Å². The van der Waals surface area contributed by atoms with E-state index >= 15 is 0 Å². The van der Waals surface area contributed by atoms with E-state index in [1.807, 2.05) is 61.5 Å². The SMILES string of the molecule is CCC(N)C(CO)Oc1ccccc1-c1ccccc1. The standard InChI is InChI=1S/C17H21NO2/c1-2-15(18)17(12-19)20-16-11-7-6-10-14(16)13-8-4-3-5-9-13/h3-11,15,17,19H,2,12,18H2,1H3. The molecule has 0 aliphatic heterocycles. The van der Waals surface area contributed by atoms with Crippen molar-refractivity contribution in [1.29, 1.82) is 0 Å². The minimum atomic E-state index is -0.384.